The predicted molar refractivity (Wildman–Crippen MR) is 83.1 cm³/mol. The van der Waals surface area contributed by atoms with E-state index in [-0.39, 0.29) is 17.1 Å². The summed E-state index contributed by atoms with van der Waals surface area (Å²) >= 11 is 0. The van der Waals surface area contributed by atoms with Gasteiger partial charge in [0.15, 0.2) is 0 Å². The minimum Gasteiger partial charge on any atom is -0.478 e. The lowest BCUT2D eigenvalue weighted by molar-refractivity contribution is 0.0698. The fraction of sp³-hybridized carbons (Fsp3) is 0.250. The lowest BCUT2D eigenvalue weighted by Gasteiger charge is -2.13. The van der Waals surface area contributed by atoms with E-state index in [2.05, 4.69) is 15.3 Å². The number of carbonyl (C=O) groups is 1. The van der Waals surface area contributed by atoms with Gasteiger partial charge in [-0.05, 0) is 37.6 Å². The summed E-state index contributed by atoms with van der Waals surface area (Å²) in [5.74, 6) is 0.0873. The topological polar surface area (TPSA) is 91.1 Å². The average Bonchev–Trinajstić information content (AvgIpc) is 3.09. The molecule has 0 amide bonds. The smallest absolute Gasteiger partial charge is 0.338 e. The molecule has 0 fully saturated rings. The fourth-order valence-corrected chi connectivity index (χ4v) is 2.49. The molecule has 6 nitrogen and oxygen atoms in total. The number of aryl methyl sites for hydroxylation is 1. The van der Waals surface area contributed by atoms with Gasteiger partial charge in [0, 0.05) is 0 Å². The fourth-order valence-electron chi connectivity index (χ4n) is 2.49. The van der Waals surface area contributed by atoms with Crippen molar-refractivity contribution in [2.75, 3.05) is 5.32 Å². The van der Waals surface area contributed by atoms with Crippen LogP contribution in [0, 0.1) is 12.7 Å². The molecule has 2 heterocycles. The normalized spacial score (nSPS) is 12.5. The lowest BCUT2D eigenvalue weighted by atomic mass is 10.2. The van der Waals surface area contributed by atoms with Crippen molar-refractivity contribution in [2.45, 2.75) is 26.3 Å². The average molecular weight is 317 g/mol. The van der Waals surface area contributed by atoms with Gasteiger partial charge in [-0.3, -0.25) is 0 Å². The first-order valence-electron chi connectivity index (χ1n) is 7.23. The molecular weight excluding hydrogens is 301 g/mol. The van der Waals surface area contributed by atoms with Crippen LogP contribution >= 0.6 is 0 Å². The number of aromatic carboxylic acids is 1. The van der Waals surface area contributed by atoms with Gasteiger partial charge in [0.2, 0.25) is 5.95 Å². The number of aromatic nitrogens is 2. The molecule has 0 saturated heterocycles. The Kier molecular flexibility index (Phi) is 3.77. The zero-order valence-electron chi connectivity index (χ0n) is 12.7. The summed E-state index contributed by atoms with van der Waals surface area (Å²) in [4.78, 5) is 18.4. The molecule has 1 atom stereocenters. The Morgan fingerprint density at radius 3 is 2.87 bits per heavy atom. The summed E-state index contributed by atoms with van der Waals surface area (Å²) in [5, 5.41) is 12.3. The van der Waals surface area contributed by atoms with Crippen LogP contribution < -0.4 is 5.32 Å². The number of halogens is 1. The van der Waals surface area contributed by atoms with Gasteiger partial charge in [-0.15, -0.1) is 0 Å². The number of nitrogens with zero attached hydrogens (tertiary/aromatic N) is 1. The van der Waals surface area contributed by atoms with Crippen molar-refractivity contribution >= 4 is 23.0 Å². The molecule has 1 aromatic carbocycles. The Balaban J connectivity index is 1.97. The van der Waals surface area contributed by atoms with Gasteiger partial charge < -0.3 is 19.8 Å². The molecule has 0 spiro atoms. The zero-order chi connectivity index (χ0) is 16.6. The molecule has 0 unspecified atom stereocenters. The van der Waals surface area contributed by atoms with Crippen LogP contribution in [0.15, 0.2) is 28.7 Å². The van der Waals surface area contributed by atoms with Crippen molar-refractivity contribution in [1.82, 2.24) is 9.97 Å². The first kappa shape index (κ1) is 15.1. The molecule has 120 valence electrons. The molecule has 0 aliphatic rings. The Hall–Kier alpha value is -2.83. The standard InChI is InChI=1S/C16H16FN3O3/c1-3-11(13-5-4-8(2)23-13)18-16-19-12-7-9(17)6-10(15(21)22)14(12)20-16/h4-7,11H,3H2,1-2H3,(H,21,22)(H2,18,19,20)/t11-/m1/s1. The van der Waals surface area contributed by atoms with Gasteiger partial charge in [0.25, 0.3) is 0 Å². The van der Waals surface area contributed by atoms with E-state index in [1.165, 1.54) is 6.07 Å². The summed E-state index contributed by atoms with van der Waals surface area (Å²) in [6.45, 7) is 3.85. The monoisotopic (exact) mass is 317 g/mol. The van der Waals surface area contributed by atoms with Crippen molar-refractivity contribution in [1.29, 1.82) is 0 Å². The second-order valence-electron chi connectivity index (χ2n) is 5.29. The number of anilines is 1. The van der Waals surface area contributed by atoms with E-state index in [0.29, 0.717) is 11.5 Å². The van der Waals surface area contributed by atoms with E-state index in [9.17, 15) is 9.18 Å². The molecule has 0 aliphatic heterocycles. The number of H-pyrrole nitrogens is 1. The van der Waals surface area contributed by atoms with Gasteiger partial charge in [0.1, 0.15) is 22.9 Å². The maximum Gasteiger partial charge on any atom is 0.338 e. The zero-order valence-corrected chi connectivity index (χ0v) is 12.7. The van der Waals surface area contributed by atoms with E-state index in [4.69, 9.17) is 9.52 Å². The van der Waals surface area contributed by atoms with Crippen molar-refractivity contribution < 1.29 is 18.7 Å². The summed E-state index contributed by atoms with van der Waals surface area (Å²) in [5.41, 5.74) is 0.369. The quantitative estimate of drug-likeness (QED) is 0.664. The van der Waals surface area contributed by atoms with Crippen LogP contribution in [0.25, 0.3) is 11.0 Å². The van der Waals surface area contributed by atoms with Gasteiger partial charge in [-0.25, -0.2) is 14.2 Å². The van der Waals surface area contributed by atoms with Gasteiger partial charge in [0.05, 0.1) is 17.1 Å². The van der Waals surface area contributed by atoms with Crippen molar-refractivity contribution in [3.05, 3.63) is 47.2 Å². The Morgan fingerprint density at radius 1 is 1.48 bits per heavy atom. The van der Waals surface area contributed by atoms with Crippen LogP contribution in [0.1, 0.15) is 41.3 Å². The van der Waals surface area contributed by atoms with E-state index in [1.54, 1.807) is 0 Å². The molecule has 23 heavy (non-hydrogen) atoms. The Morgan fingerprint density at radius 2 is 2.26 bits per heavy atom. The number of fused-ring (bicyclic) bond motifs is 1. The molecule has 0 aliphatic carbocycles. The number of carboxylic acids is 1. The third-order valence-electron chi connectivity index (χ3n) is 3.61. The Bertz CT molecular complexity index is 869. The number of rotatable bonds is 5. The number of carboxylic acid groups (broad SMARTS) is 1. The van der Waals surface area contributed by atoms with Crippen LogP contribution in [0.5, 0.6) is 0 Å². The van der Waals surface area contributed by atoms with Gasteiger partial charge in [-0.1, -0.05) is 6.92 Å². The predicted octanol–water partition coefficient (Wildman–Crippen LogP) is 3.86. The van der Waals surface area contributed by atoms with Crippen LogP contribution in [0.4, 0.5) is 10.3 Å². The first-order valence-corrected chi connectivity index (χ1v) is 7.23. The van der Waals surface area contributed by atoms with Crippen LogP contribution in [-0.4, -0.2) is 21.0 Å². The van der Waals surface area contributed by atoms with Crippen molar-refractivity contribution in [2.24, 2.45) is 0 Å². The van der Waals surface area contributed by atoms with Gasteiger partial charge in [-0.2, -0.15) is 0 Å². The highest BCUT2D eigenvalue weighted by molar-refractivity contribution is 6.01. The van der Waals surface area contributed by atoms with E-state index in [1.807, 2.05) is 26.0 Å². The summed E-state index contributed by atoms with van der Waals surface area (Å²) in [6.07, 6.45) is 0.740. The SMILES string of the molecule is CC[C@@H](Nc1nc2c(C(=O)O)cc(F)cc2[nH]1)c1ccc(C)o1. The molecule has 0 bridgehead atoms. The number of aromatic amines is 1. The highest BCUT2D eigenvalue weighted by Gasteiger charge is 2.18. The lowest BCUT2D eigenvalue weighted by Crippen LogP contribution is -2.09. The molecule has 2 aromatic heterocycles. The Labute approximate surface area is 131 Å². The van der Waals surface area contributed by atoms with E-state index >= 15 is 0 Å². The summed E-state index contributed by atoms with van der Waals surface area (Å²) < 4.78 is 19.1. The van der Waals surface area contributed by atoms with E-state index in [0.717, 1.165) is 24.0 Å². The maximum atomic E-state index is 13.5. The third-order valence-corrected chi connectivity index (χ3v) is 3.61. The molecule has 3 N–H and O–H groups in total. The molecule has 7 heteroatoms. The highest BCUT2D eigenvalue weighted by Crippen LogP contribution is 2.26. The minimum atomic E-state index is -1.22. The molecule has 3 rings (SSSR count). The summed E-state index contributed by atoms with van der Waals surface area (Å²) in [6, 6.07) is 5.81. The minimum absolute atomic E-state index is 0.123. The molecular formula is C16H16FN3O3. The summed E-state index contributed by atoms with van der Waals surface area (Å²) in [7, 11) is 0. The molecule has 3 aromatic rings. The maximum absolute atomic E-state index is 13.5. The number of nitrogens with one attached hydrogen (secondary N) is 2. The number of benzene rings is 1. The van der Waals surface area contributed by atoms with Crippen molar-refractivity contribution in [3.63, 3.8) is 0 Å². The number of hydrogen-bond donors (Lipinski definition) is 3. The van der Waals surface area contributed by atoms with Gasteiger partial charge >= 0.3 is 5.97 Å². The second-order valence-corrected chi connectivity index (χ2v) is 5.29. The van der Waals surface area contributed by atoms with Crippen LogP contribution in [0.2, 0.25) is 0 Å². The second kappa shape index (κ2) is 5.75. The van der Waals surface area contributed by atoms with Crippen molar-refractivity contribution in [3.8, 4) is 0 Å². The molecule has 0 radical (unpaired) electrons. The number of furan rings is 1. The third kappa shape index (κ3) is 2.90. The number of hydrogen-bond acceptors (Lipinski definition) is 4. The van der Waals surface area contributed by atoms with Crippen LogP contribution in [0.3, 0.4) is 0 Å². The number of imidazole rings is 1. The van der Waals surface area contributed by atoms with Crippen LogP contribution in [-0.2, 0) is 0 Å². The molecule has 0 saturated carbocycles. The largest absolute Gasteiger partial charge is 0.478 e. The first-order chi connectivity index (χ1) is 11.0. The van der Waals surface area contributed by atoms with E-state index < -0.39 is 11.8 Å². The highest BCUT2D eigenvalue weighted by atomic mass is 19.1.